The van der Waals surface area contributed by atoms with Crippen molar-refractivity contribution in [3.8, 4) is 5.75 Å². The zero-order chi connectivity index (χ0) is 15.3. The van der Waals surface area contributed by atoms with E-state index >= 15 is 0 Å². The Morgan fingerprint density at radius 2 is 2.00 bits per heavy atom. The van der Waals surface area contributed by atoms with Gasteiger partial charge in [0.15, 0.2) is 0 Å². The predicted molar refractivity (Wildman–Crippen MR) is 81.4 cm³/mol. The first-order valence-corrected chi connectivity index (χ1v) is 7.41. The molecule has 0 radical (unpaired) electrons. The van der Waals surface area contributed by atoms with Gasteiger partial charge in [0.05, 0.1) is 13.7 Å². The van der Waals surface area contributed by atoms with Gasteiger partial charge >= 0.3 is 5.97 Å². The van der Waals surface area contributed by atoms with Gasteiger partial charge in [0, 0.05) is 31.7 Å². The summed E-state index contributed by atoms with van der Waals surface area (Å²) in [6, 6.07) is 7.71. The second-order valence-corrected chi connectivity index (χ2v) is 5.23. The van der Waals surface area contributed by atoms with Crippen molar-refractivity contribution in [3.05, 3.63) is 29.8 Å². The number of ether oxygens (including phenoxy) is 2. The molecule has 1 aromatic rings. The van der Waals surface area contributed by atoms with Crippen molar-refractivity contribution >= 4 is 5.97 Å². The minimum Gasteiger partial charge on any atom is -0.494 e. The summed E-state index contributed by atoms with van der Waals surface area (Å²) in [7, 11) is 1.44. The third-order valence-corrected chi connectivity index (χ3v) is 4.04. The monoisotopic (exact) mass is 292 g/mol. The molecule has 0 aromatic heterocycles. The zero-order valence-electron chi connectivity index (χ0n) is 13.0. The first-order chi connectivity index (χ1) is 10.1. The van der Waals surface area contributed by atoms with Gasteiger partial charge in [0.25, 0.3) is 0 Å². The van der Waals surface area contributed by atoms with Crippen LogP contribution in [0.3, 0.4) is 0 Å². The van der Waals surface area contributed by atoms with E-state index in [1.807, 2.05) is 38.1 Å². The molecule has 2 rings (SSSR count). The first-order valence-electron chi connectivity index (χ1n) is 7.41. The van der Waals surface area contributed by atoms with E-state index in [1.54, 1.807) is 0 Å². The normalized spacial score (nSPS) is 18.8. The van der Waals surface area contributed by atoms with Crippen LogP contribution < -0.4 is 10.1 Å². The fourth-order valence-electron chi connectivity index (χ4n) is 2.87. The van der Waals surface area contributed by atoms with E-state index < -0.39 is 5.54 Å². The first kappa shape index (κ1) is 15.8. The number of piperazine rings is 1. The summed E-state index contributed by atoms with van der Waals surface area (Å²) in [4.78, 5) is 14.7. The fourth-order valence-corrected chi connectivity index (χ4v) is 2.87. The molecule has 1 aromatic carbocycles. The SMILES string of the molecule is CCOc1ccccc1C(C)(C(=O)OC)N1CCNCC1. The third-order valence-electron chi connectivity index (χ3n) is 4.04. The second kappa shape index (κ2) is 6.91. The van der Waals surface area contributed by atoms with Crippen molar-refractivity contribution in [3.63, 3.8) is 0 Å². The molecule has 1 fully saturated rings. The van der Waals surface area contributed by atoms with Gasteiger partial charge in [-0.2, -0.15) is 0 Å². The molecule has 1 aliphatic heterocycles. The van der Waals surface area contributed by atoms with Crippen molar-refractivity contribution in [2.24, 2.45) is 0 Å². The Balaban J connectivity index is 2.46. The number of para-hydroxylation sites is 1. The van der Waals surface area contributed by atoms with E-state index in [2.05, 4.69) is 10.2 Å². The smallest absolute Gasteiger partial charge is 0.330 e. The Kier molecular flexibility index (Phi) is 5.20. The average Bonchev–Trinajstić information content (AvgIpc) is 2.55. The predicted octanol–water partition coefficient (Wildman–Crippen LogP) is 1.38. The second-order valence-electron chi connectivity index (χ2n) is 5.23. The largest absolute Gasteiger partial charge is 0.494 e. The number of nitrogens with one attached hydrogen (secondary N) is 1. The summed E-state index contributed by atoms with van der Waals surface area (Å²) in [5, 5.41) is 3.31. The zero-order valence-corrected chi connectivity index (χ0v) is 13.0. The third kappa shape index (κ3) is 3.04. The summed E-state index contributed by atoms with van der Waals surface area (Å²) in [5.41, 5.74) is 0.0309. The highest BCUT2D eigenvalue weighted by Gasteiger charge is 2.44. The number of carbonyl (C=O) groups is 1. The van der Waals surface area contributed by atoms with Crippen molar-refractivity contribution in [1.82, 2.24) is 10.2 Å². The van der Waals surface area contributed by atoms with E-state index in [0.717, 1.165) is 37.5 Å². The van der Waals surface area contributed by atoms with Crippen LogP contribution >= 0.6 is 0 Å². The van der Waals surface area contributed by atoms with Crippen LogP contribution in [0.4, 0.5) is 0 Å². The van der Waals surface area contributed by atoms with E-state index in [4.69, 9.17) is 9.47 Å². The lowest BCUT2D eigenvalue weighted by Crippen LogP contribution is -2.57. The van der Waals surface area contributed by atoms with Crippen LogP contribution in [0.25, 0.3) is 0 Å². The number of hydrogen-bond acceptors (Lipinski definition) is 5. The van der Waals surface area contributed by atoms with Crippen LogP contribution in [0.2, 0.25) is 0 Å². The topological polar surface area (TPSA) is 50.8 Å². The number of carbonyl (C=O) groups excluding carboxylic acids is 1. The standard InChI is InChI=1S/C16H24N2O3/c1-4-21-14-8-6-5-7-13(14)16(2,15(19)20-3)18-11-9-17-10-12-18/h5-8,17H,4,9-12H2,1-3H3. The number of esters is 1. The number of methoxy groups -OCH3 is 1. The minimum absolute atomic E-state index is 0.253. The van der Waals surface area contributed by atoms with E-state index in [0.29, 0.717) is 6.61 Å². The van der Waals surface area contributed by atoms with Crippen molar-refractivity contribution in [2.45, 2.75) is 19.4 Å². The Bertz CT molecular complexity index is 486. The highest BCUT2D eigenvalue weighted by atomic mass is 16.5. The average molecular weight is 292 g/mol. The van der Waals surface area contributed by atoms with Gasteiger partial charge in [0.2, 0.25) is 0 Å². The lowest BCUT2D eigenvalue weighted by Gasteiger charge is -2.42. The maximum absolute atomic E-state index is 12.6. The number of rotatable bonds is 5. The lowest BCUT2D eigenvalue weighted by atomic mass is 9.88. The molecule has 1 heterocycles. The van der Waals surface area contributed by atoms with E-state index in [1.165, 1.54) is 7.11 Å². The van der Waals surface area contributed by atoms with Gasteiger partial charge in [-0.1, -0.05) is 18.2 Å². The lowest BCUT2D eigenvalue weighted by molar-refractivity contribution is -0.155. The molecular formula is C16H24N2O3. The van der Waals surface area contributed by atoms with Crippen LogP contribution in [0, 0.1) is 0 Å². The number of benzene rings is 1. The number of nitrogens with zero attached hydrogens (tertiary/aromatic N) is 1. The van der Waals surface area contributed by atoms with Crippen LogP contribution in [0.1, 0.15) is 19.4 Å². The molecule has 0 amide bonds. The van der Waals surface area contributed by atoms with Gasteiger partial charge in [-0.05, 0) is 19.9 Å². The maximum atomic E-state index is 12.6. The molecule has 21 heavy (non-hydrogen) atoms. The molecule has 1 unspecified atom stereocenters. The quantitative estimate of drug-likeness (QED) is 0.831. The summed E-state index contributed by atoms with van der Waals surface area (Å²) in [6.07, 6.45) is 0. The van der Waals surface area contributed by atoms with Gasteiger partial charge < -0.3 is 14.8 Å². The molecule has 1 N–H and O–H groups in total. The van der Waals surface area contributed by atoms with Gasteiger partial charge in [0.1, 0.15) is 11.3 Å². The van der Waals surface area contributed by atoms with Crippen molar-refractivity contribution < 1.29 is 14.3 Å². The summed E-state index contributed by atoms with van der Waals surface area (Å²) < 4.78 is 10.8. The Labute approximate surface area is 126 Å². The van der Waals surface area contributed by atoms with Crippen molar-refractivity contribution in [2.75, 3.05) is 39.9 Å². The molecule has 0 saturated carbocycles. The number of hydrogen-bond donors (Lipinski definition) is 1. The van der Waals surface area contributed by atoms with Gasteiger partial charge in [-0.15, -0.1) is 0 Å². The van der Waals surface area contributed by atoms with Crippen LogP contribution in [0.15, 0.2) is 24.3 Å². The highest BCUT2D eigenvalue weighted by Crippen LogP contribution is 2.36. The van der Waals surface area contributed by atoms with E-state index in [-0.39, 0.29) is 5.97 Å². The van der Waals surface area contributed by atoms with Crippen LogP contribution in [0.5, 0.6) is 5.75 Å². The molecule has 5 nitrogen and oxygen atoms in total. The van der Waals surface area contributed by atoms with Gasteiger partial charge in [-0.25, -0.2) is 4.79 Å². The molecule has 0 bridgehead atoms. The van der Waals surface area contributed by atoms with Crippen molar-refractivity contribution in [1.29, 1.82) is 0 Å². The summed E-state index contributed by atoms with van der Waals surface area (Å²) >= 11 is 0. The summed E-state index contributed by atoms with van der Waals surface area (Å²) in [6.45, 7) is 7.75. The highest BCUT2D eigenvalue weighted by molar-refractivity contribution is 5.83. The molecular weight excluding hydrogens is 268 g/mol. The maximum Gasteiger partial charge on any atom is 0.330 e. The van der Waals surface area contributed by atoms with Gasteiger partial charge in [-0.3, -0.25) is 4.90 Å². The van der Waals surface area contributed by atoms with E-state index in [9.17, 15) is 4.79 Å². The molecule has 0 spiro atoms. The summed E-state index contributed by atoms with van der Waals surface area (Å²) in [5.74, 6) is 0.489. The minimum atomic E-state index is -0.831. The molecule has 1 saturated heterocycles. The molecule has 5 heteroatoms. The van der Waals surface area contributed by atoms with Crippen LogP contribution in [-0.4, -0.2) is 50.8 Å². The Hall–Kier alpha value is -1.59. The fraction of sp³-hybridized carbons (Fsp3) is 0.562. The Morgan fingerprint density at radius 1 is 1.33 bits per heavy atom. The molecule has 1 aliphatic rings. The Morgan fingerprint density at radius 3 is 2.62 bits per heavy atom. The molecule has 0 aliphatic carbocycles. The molecule has 1 atom stereocenters. The van der Waals surface area contributed by atoms with Crippen LogP contribution in [-0.2, 0) is 15.1 Å². The molecule has 116 valence electrons.